The molecule has 0 radical (unpaired) electrons. The molecule has 0 saturated heterocycles. The molecule has 0 bridgehead atoms. The van der Waals surface area contributed by atoms with Crippen LogP contribution in [0.5, 0.6) is 0 Å². The number of ether oxygens (including phenoxy) is 1. The average molecular weight is 240 g/mol. The highest BCUT2D eigenvalue weighted by molar-refractivity contribution is 7.97. The van der Waals surface area contributed by atoms with Gasteiger partial charge in [-0.2, -0.15) is 11.8 Å². The van der Waals surface area contributed by atoms with E-state index in [0.717, 1.165) is 11.6 Å². The van der Waals surface area contributed by atoms with Crippen LogP contribution >= 0.6 is 11.8 Å². The minimum absolute atomic E-state index is 0.172. The zero-order chi connectivity index (χ0) is 12.0. The number of thioether (sulfide) groups is 1. The lowest BCUT2D eigenvalue weighted by atomic mass is 10.2. The van der Waals surface area contributed by atoms with Gasteiger partial charge in [-0.1, -0.05) is 0 Å². The van der Waals surface area contributed by atoms with E-state index in [2.05, 4.69) is 29.5 Å². The minimum atomic E-state index is 0.172. The molecular formula is C12H20N2OS. The molecule has 0 spiro atoms. The van der Waals surface area contributed by atoms with Crippen LogP contribution in [0.2, 0.25) is 0 Å². The van der Waals surface area contributed by atoms with Gasteiger partial charge < -0.3 is 10.1 Å². The normalized spacial score (nSPS) is 14.5. The monoisotopic (exact) mass is 240 g/mol. The van der Waals surface area contributed by atoms with Crippen molar-refractivity contribution in [3.05, 3.63) is 23.9 Å². The third kappa shape index (κ3) is 4.02. The second kappa shape index (κ2) is 6.76. The van der Waals surface area contributed by atoms with E-state index in [1.807, 2.05) is 30.9 Å². The topological polar surface area (TPSA) is 34.1 Å². The predicted octanol–water partition coefficient (Wildman–Crippen LogP) is 2.78. The Morgan fingerprint density at radius 3 is 2.88 bits per heavy atom. The van der Waals surface area contributed by atoms with Crippen LogP contribution < -0.4 is 5.32 Å². The number of pyridine rings is 1. The highest BCUT2D eigenvalue weighted by Gasteiger charge is 2.11. The van der Waals surface area contributed by atoms with Crippen molar-refractivity contribution in [3.63, 3.8) is 0 Å². The van der Waals surface area contributed by atoms with Crippen LogP contribution in [-0.4, -0.2) is 30.5 Å². The van der Waals surface area contributed by atoms with Crippen LogP contribution in [0.3, 0.4) is 0 Å². The van der Waals surface area contributed by atoms with Gasteiger partial charge in [0.05, 0.1) is 12.1 Å². The van der Waals surface area contributed by atoms with Gasteiger partial charge in [-0.15, -0.1) is 0 Å². The van der Waals surface area contributed by atoms with Crippen molar-refractivity contribution in [2.24, 2.45) is 0 Å². The summed E-state index contributed by atoms with van der Waals surface area (Å²) in [5, 5.41) is 3.35. The zero-order valence-corrected chi connectivity index (χ0v) is 11.2. The number of hydrogen-bond acceptors (Lipinski definition) is 4. The van der Waals surface area contributed by atoms with Crippen molar-refractivity contribution in [1.82, 2.24) is 4.98 Å². The van der Waals surface area contributed by atoms with Crippen molar-refractivity contribution in [2.75, 3.05) is 18.7 Å². The first-order valence-electron chi connectivity index (χ1n) is 5.40. The molecule has 0 aromatic carbocycles. The maximum absolute atomic E-state index is 5.27. The summed E-state index contributed by atoms with van der Waals surface area (Å²) in [4.78, 5) is 4.30. The number of nitrogens with one attached hydrogen (secondary N) is 1. The largest absolute Gasteiger partial charge is 0.380 e. The molecule has 0 aliphatic heterocycles. The molecule has 0 saturated carbocycles. The lowest BCUT2D eigenvalue weighted by Crippen LogP contribution is -2.30. The van der Waals surface area contributed by atoms with Crippen LogP contribution in [0.4, 0.5) is 5.82 Å². The first-order chi connectivity index (χ1) is 7.67. The van der Waals surface area contributed by atoms with Crippen molar-refractivity contribution < 1.29 is 4.74 Å². The Hall–Kier alpha value is -0.740. The van der Waals surface area contributed by atoms with E-state index in [1.54, 1.807) is 7.11 Å². The Kier molecular flexibility index (Phi) is 5.63. The fourth-order valence-electron chi connectivity index (χ4n) is 1.36. The summed E-state index contributed by atoms with van der Waals surface area (Å²) in [6, 6.07) is 4.39. The number of nitrogens with zero attached hydrogens (tertiary/aromatic N) is 1. The van der Waals surface area contributed by atoms with Gasteiger partial charge in [-0.3, -0.25) is 0 Å². The summed E-state index contributed by atoms with van der Waals surface area (Å²) in [6.45, 7) is 4.14. The van der Waals surface area contributed by atoms with Gasteiger partial charge in [0.15, 0.2) is 0 Å². The molecule has 90 valence electrons. The van der Waals surface area contributed by atoms with Crippen LogP contribution in [0.1, 0.15) is 19.4 Å². The molecule has 3 nitrogen and oxygen atoms in total. The molecule has 1 heterocycles. The smallest absolute Gasteiger partial charge is 0.126 e. The van der Waals surface area contributed by atoms with E-state index in [0.29, 0.717) is 0 Å². The maximum Gasteiger partial charge on any atom is 0.126 e. The summed E-state index contributed by atoms with van der Waals surface area (Å²) in [5.74, 6) is 1.94. The van der Waals surface area contributed by atoms with E-state index < -0.39 is 0 Å². The van der Waals surface area contributed by atoms with Crippen LogP contribution in [-0.2, 0) is 10.5 Å². The maximum atomic E-state index is 5.27. The van der Waals surface area contributed by atoms with Gasteiger partial charge in [-0.25, -0.2) is 4.98 Å². The SMILES string of the molecule is COC(C)C(C)Nc1cc(CSC)ccn1. The number of aromatic nitrogens is 1. The van der Waals surface area contributed by atoms with E-state index in [-0.39, 0.29) is 12.1 Å². The molecule has 1 aromatic rings. The fraction of sp³-hybridized carbons (Fsp3) is 0.583. The molecule has 1 N–H and O–H groups in total. The summed E-state index contributed by atoms with van der Waals surface area (Å²) >= 11 is 1.81. The van der Waals surface area contributed by atoms with Crippen molar-refractivity contribution >= 4 is 17.6 Å². The number of anilines is 1. The third-order valence-corrected chi connectivity index (χ3v) is 3.21. The molecule has 1 aromatic heterocycles. The Bertz CT molecular complexity index is 320. The Labute approximate surface area is 102 Å². The molecule has 4 heteroatoms. The molecular weight excluding hydrogens is 220 g/mol. The van der Waals surface area contributed by atoms with Gasteiger partial charge in [-0.05, 0) is 37.8 Å². The first kappa shape index (κ1) is 13.3. The second-order valence-corrected chi connectivity index (χ2v) is 4.72. The second-order valence-electron chi connectivity index (χ2n) is 3.86. The van der Waals surface area contributed by atoms with Crippen LogP contribution in [0.15, 0.2) is 18.3 Å². The van der Waals surface area contributed by atoms with Gasteiger partial charge in [0, 0.05) is 19.1 Å². The molecule has 1 rings (SSSR count). The quantitative estimate of drug-likeness (QED) is 0.829. The van der Waals surface area contributed by atoms with Crippen LogP contribution in [0.25, 0.3) is 0 Å². The standard InChI is InChI=1S/C12H20N2OS/c1-9(10(2)15-3)14-12-7-11(8-16-4)5-6-13-12/h5-7,9-10H,8H2,1-4H3,(H,13,14). The van der Waals surface area contributed by atoms with Gasteiger partial charge in [0.1, 0.15) is 5.82 Å². The van der Waals surface area contributed by atoms with E-state index in [9.17, 15) is 0 Å². The number of hydrogen-bond donors (Lipinski definition) is 1. The van der Waals surface area contributed by atoms with E-state index in [4.69, 9.17) is 4.74 Å². The number of methoxy groups -OCH3 is 1. The van der Waals surface area contributed by atoms with E-state index >= 15 is 0 Å². The first-order valence-corrected chi connectivity index (χ1v) is 6.80. The Morgan fingerprint density at radius 2 is 2.25 bits per heavy atom. The summed E-state index contributed by atoms with van der Waals surface area (Å²) in [5.41, 5.74) is 1.29. The summed E-state index contributed by atoms with van der Waals surface area (Å²) < 4.78 is 5.27. The average Bonchev–Trinajstić information content (AvgIpc) is 2.29. The van der Waals surface area contributed by atoms with E-state index in [1.165, 1.54) is 5.56 Å². The fourth-order valence-corrected chi connectivity index (χ4v) is 1.88. The Morgan fingerprint density at radius 1 is 1.50 bits per heavy atom. The lowest BCUT2D eigenvalue weighted by molar-refractivity contribution is 0.106. The highest BCUT2D eigenvalue weighted by atomic mass is 32.2. The minimum Gasteiger partial charge on any atom is -0.380 e. The van der Waals surface area contributed by atoms with Crippen molar-refractivity contribution in [2.45, 2.75) is 31.7 Å². The number of rotatable bonds is 6. The molecule has 0 aliphatic rings. The Balaban J connectivity index is 2.62. The van der Waals surface area contributed by atoms with Gasteiger partial charge in [0.25, 0.3) is 0 Å². The predicted molar refractivity (Wildman–Crippen MR) is 71.0 cm³/mol. The summed E-state index contributed by atoms with van der Waals surface area (Å²) in [6.07, 6.45) is 4.12. The zero-order valence-electron chi connectivity index (χ0n) is 10.4. The van der Waals surface area contributed by atoms with Gasteiger partial charge >= 0.3 is 0 Å². The molecule has 0 amide bonds. The van der Waals surface area contributed by atoms with Crippen molar-refractivity contribution in [1.29, 1.82) is 0 Å². The summed E-state index contributed by atoms with van der Waals surface area (Å²) in [7, 11) is 1.72. The molecule has 0 aliphatic carbocycles. The van der Waals surface area contributed by atoms with Gasteiger partial charge in [0.2, 0.25) is 0 Å². The highest BCUT2D eigenvalue weighted by Crippen LogP contribution is 2.14. The third-order valence-electron chi connectivity index (χ3n) is 2.59. The molecule has 2 atom stereocenters. The van der Waals surface area contributed by atoms with Crippen molar-refractivity contribution in [3.8, 4) is 0 Å². The molecule has 0 fully saturated rings. The lowest BCUT2D eigenvalue weighted by Gasteiger charge is -2.20. The molecule has 16 heavy (non-hydrogen) atoms. The van der Waals surface area contributed by atoms with Crippen LogP contribution in [0, 0.1) is 0 Å². The molecule has 2 unspecified atom stereocenters.